The summed E-state index contributed by atoms with van der Waals surface area (Å²) < 4.78 is 28.0. The van der Waals surface area contributed by atoms with Gasteiger partial charge in [0.05, 0.1) is 35.7 Å². The minimum absolute atomic E-state index is 0.0394. The number of carboxylic acid groups (broad SMARTS) is 1. The molecule has 152 valence electrons. The van der Waals surface area contributed by atoms with Crippen molar-refractivity contribution in [2.75, 3.05) is 10.6 Å². The van der Waals surface area contributed by atoms with Crippen LogP contribution in [0.4, 0.5) is 30.9 Å². The number of aromatic nitrogens is 2. The van der Waals surface area contributed by atoms with Crippen LogP contribution in [0.5, 0.6) is 0 Å². The van der Waals surface area contributed by atoms with E-state index in [2.05, 4.69) is 25.9 Å². The second kappa shape index (κ2) is 8.68. The van der Waals surface area contributed by atoms with Gasteiger partial charge in [-0.15, -0.1) is 0 Å². The molecule has 2 atom stereocenters. The SMILES string of the molecule is CC[C@H](NC(=O)O)[C@H](Nc1nc(Nc2cncc(F)c2)c(C#N)cc1F)C1CC1. The van der Waals surface area contributed by atoms with Crippen LogP contribution >= 0.6 is 0 Å². The monoisotopic (exact) mass is 402 g/mol. The number of rotatable bonds is 8. The summed E-state index contributed by atoms with van der Waals surface area (Å²) >= 11 is 0. The summed E-state index contributed by atoms with van der Waals surface area (Å²) in [5.74, 6) is -1.20. The predicted molar refractivity (Wildman–Crippen MR) is 102 cm³/mol. The average molecular weight is 402 g/mol. The van der Waals surface area contributed by atoms with Crippen LogP contribution < -0.4 is 16.0 Å². The van der Waals surface area contributed by atoms with E-state index in [1.165, 1.54) is 12.3 Å². The van der Waals surface area contributed by atoms with Crippen LogP contribution in [0.2, 0.25) is 0 Å². The van der Waals surface area contributed by atoms with Crippen molar-refractivity contribution in [3.63, 3.8) is 0 Å². The molecule has 0 radical (unpaired) electrons. The Hall–Kier alpha value is -3.48. The van der Waals surface area contributed by atoms with Crippen molar-refractivity contribution in [2.45, 2.75) is 38.3 Å². The molecule has 1 fully saturated rings. The molecule has 0 spiro atoms. The van der Waals surface area contributed by atoms with Crippen molar-refractivity contribution in [3.8, 4) is 6.07 Å². The summed E-state index contributed by atoms with van der Waals surface area (Å²) in [6.07, 6.45) is 3.53. The van der Waals surface area contributed by atoms with Crippen LogP contribution in [0, 0.1) is 28.9 Å². The molecule has 8 nitrogen and oxygen atoms in total. The van der Waals surface area contributed by atoms with Gasteiger partial charge in [-0.2, -0.15) is 5.26 Å². The van der Waals surface area contributed by atoms with Crippen LogP contribution in [0.25, 0.3) is 0 Å². The molecule has 0 saturated heterocycles. The minimum Gasteiger partial charge on any atom is -0.465 e. The molecule has 29 heavy (non-hydrogen) atoms. The lowest BCUT2D eigenvalue weighted by Crippen LogP contribution is -2.47. The Labute approximate surface area is 166 Å². The molecular formula is C19H20F2N6O2. The van der Waals surface area contributed by atoms with Gasteiger partial charge in [0.25, 0.3) is 0 Å². The van der Waals surface area contributed by atoms with Gasteiger partial charge in [0.2, 0.25) is 0 Å². The third-order valence-electron chi connectivity index (χ3n) is 4.68. The number of nitrogens with zero attached hydrogens (tertiary/aromatic N) is 3. The number of hydrogen-bond acceptors (Lipinski definition) is 6. The second-order valence-electron chi connectivity index (χ2n) is 6.82. The highest BCUT2D eigenvalue weighted by molar-refractivity contribution is 5.66. The minimum atomic E-state index is -1.15. The number of halogens is 2. The van der Waals surface area contributed by atoms with E-state index in [1.807, 2.05) is 13.0 Å². The van der Waals surface area contributed by atoms with E-state index in [4.69, 9.17) is 5.11 Å². The standard InChI is InChI=1S/C19H20F2N6O2/c1-2-15(25-19(28)29)16(10-3-4-10)26-18-14(21)5-11(7-22)17(27-18)24-13-6-12(20)8-23-9-13/h5-6,8-10,15-16,25H,2-4H2,1H3,(H,28,29)(H2,24,26,27)/t15-,16+/m0/s1. The van der Waals surface area contributed by atoms with Crippen LogP contribution in [0.1, 0.15) is 31.7 Å². The molecule has 0 unspecified atom stereocenters. The Morgan fingerprint density at radius 2 is 2.10 bits per heavy atom. The van der Waals surface area contributed by atoms with E-state index in [-0.39, 0.29) is 34.8 Å². The fourth-order valence-electron chi connectivity index (χ4n) is 3.15. The molecule has 10 heteroatoms. The third kappa shape index (κ3) is 5.07. The highest BCUT2D eigenvalue weighted by atomic mass is 19.1. The van der Waals surface area contributed by atoms with Gasteiger partial charge in [-0.1, -0.05) is 6.92 Å². The lowest BCUT2D eigenvalue weighted by atomic mass is 10.0. The molecule has 1 aliphatic carbocycles. The Bertz CT molecular complexity index is 945. The molecular weight excluding hydrogens is 382 g/mol. The molecule has 2 aromatic rings. The summed E-state index contributed by atoms with van der Waals surface area (Å²) in [5.41, 5.74) is 0.195. The molecule has 0 aliphatic heterocycles. The topological polar surface area (TPSA) is 123 Å². The molecule has 0 bridgehead atoms. The van der Waals surface area contributed by atoms with Crippen LogP contribution in [0.15, 0.2) is 24.5 Å². The first-order chi connectivity index (χ1) is 13.9. The zero-order valence-electron chi connectivity index (χ0n) is 15.6. The lowest BCUT2D eigenvalue weighted by molar-refractivity contribution is 0.187. The van der Waals surface area contributed by atoms with Gasteiger partial charge < -0.3 is 21.1 Å². The number of hydrogen-bond donors (Lipinski definition) is 4. The molecule has 1 saturated carbocycles. The van der Waals surface area contributed by atoms with E-state index < -0.39 is 23.8 Å². The van der Waals surface area contributed by atoms with Crippen molar-refractivity contribution in [1.82, 2.24) is 15.3 Å². The maximum atomic E-state index is 14.6. The smallest absolute Gasteiger partial charge is 0.404 e. The third-order valence-corrected chi connectivity index (χ3v) is 4.68. The van der Waals surface area contributed by atoms with Gasteiger partial charge in [-0.25, -0.2) is 18.6 Å². The largest absolute Gasteiger partial charge is 0.465 e. The molecule has 1 aliphatic rings. The Morgan fingerprint density at radius 3 is 2.69 bits per heavy atom. The number of nitrogens with one attached hydrogen (secondary N) is 3. The van der Waals surface area contributed by atoms with Gasteiger partial charge in [0.1, 0.15) is 11.9 Å². The van der Waals surface area contributed by atoms with Crippen molar-refractivity contribution < 1.29 is 18.7 Å². The molecule has 2 aromatic heterocycles. The zero-order chi connectivity index (χ0) is 21.0. The summed E-state index contributed by atoms with van der Waals surface area (Å²) in [5, 5.41) is 26.6. The average Bonchev–Trinajstić information content (AvgIpc) is 3.51. The fourth-order valence-corrected chi connectivity index (χ4v) is 3.15. The van der Waals surface area contributed by atoms with Crippen molar-refractivity contribution in [3.05, 3.63) is 41.7 Å². The number of nitriles is 1. The van der Waals surface area contributed by atoms with E-state index >= 15 is 0 Å². The maximum absolute atomic E-state index is 14.6. The van der Waals surface area contributed by atoms with Crippen LogP contribution in [0.3, 0.4) is 0 Å². The second-order valence-corrected chi connectivity index (χ2v) is 6.82. The number of amides is 1. The highest BCUT2D eigenvalue weighted by Gasteiger charge is 2.37. The predicted octanol–water partition coefficient (Wildman–Crippen LogP) is 3.61. The van der Waals surface area contributed by atoms with Gasteiger partial charge in [-0.3, -0.25) is 4.98 Å². The molecule has 0 aromatic carbocycles. The lowest BCUT2D eigenvalue weighted by Gasteiger charge is -2.28. The molecule has 3 rings (SSSR count). The first-order valence-corrected chi connectivity index (χ1v) is 9.15. The summed E-state index contributed by atoms with van der Waals surface area (Å²) in [4.78, 5) is 19.0. The summed E-state index contributed by atoms with van der Waals surface area (Å²) in [6.45, 7) is 1.84. The van der Waals surface area contributed by atoms with Crippen LogP contribution in [-0.4, -0.2) is 33.3 Å². The quantitative estimate of drug-likeness (QED) is 0.532. The highest BCUT2D eigenvalue weighted by Crippen LogP contribution is 2.37. The van der Waals surface area contributed by atoms with E-state index in [0.29, 0.717) is 6.42 Å². The normalized spacial score (nSPS) is 15.1. The fraction of sp³-hybridized carbons (Fsp3) is 0.368. The summed E-state index contributed by atoms with van der Waals surface area (Å²) in [7, 11) is 0. The number of pyridine rings is 2. The molecule has 4 N–H and O–H groups in total. The van der Waals surface area contributed by atoms with E-state index in [9.17, 15) is 18.8 Å². The van der Waals surface area contributed by atoms with Gasteiger partial charge in [0.15, 0.2) is 17.5 Å². The number of carbonyl (C=O) groups is 1. The van der Waals surface area contributed by atoms with Crippen molar-refractivity contribution >= 4 is 23.4 Å². The van der Waals surface area contributed by atoms with Gasteiger partial charge in [0, 0.05) is 6.07 Å². The van der Waals surface area contributed by atoms with E-state index in [1.54, 1.807) is 0 Å². The first-order valence-electron chi connectivity index (χ1n) is 9.15. The Kier molecular flexibility index (Phi) is 6.07. The number of anilines is 3. The maximum Gasteiger partial charge on any atom is 0.404 e. The molecule has 1 amide bonds. The van der Waals surface area contributed by atoms with Gasteiger partial charge in [-0.05, 0) is 31.2 Å². The summed E-state index contributed by atoms with van der Waals surface area (Å²) in [6, 6.07) is 3.27. The Morgan fingerprint density at radius 1 is 1.34 bits per heavy atom. The zero-order valence-corrected chi connectivity index (χ0v) is 15.6. The van der Waals surface area contributed by atoms with E-state index in [0.717, 1.165) is 25.1 Å². The van der Waals surface area contributed by atoms with Gasteiger partial charge >= 0.3 is 6.09 Å². The first kappa shape index (κ1) is 20.3. The Balaban J connectivity index is 1.90. The molecule has 2 heterocycles. The van der Waals surface area contributed by atoms with Crippen molar-refractivity contribution in [2.24, 2.45) is 5.92 Å². The van der Waals surface area contributed by atoms with Crippen LogP contribution in [-0.2, 0) is 0 Å². The van der Waals surface area contributed by atoms with Crippen molar-refractivity contribution in [1.29, 1.82) is 5.26 Å².